The first-order chi connectivity index (χ1) is 16.1. The third kappa shape index (κ3) is 6.15. The SMILES string of the molecule is COc1ccc(C(=O)OCC(=O)NCc2ccccc2C)cc1S(=O)(=O)N1CC(C)CC(C)C1. The van der Waals surface area contributed by atoms with Gasteiger partial charge in [0.25, 0.3) is 5.91 Å². The normalized spacial score (nSPS) is 18.8. The van der Waals surface area contributed by atoms with Crippen LogP contribution < -0.4 is 10.1 Å². The number of nitrogens with zero attached hydrogens (tertiary/aromatic N) is 1. The summed E-state index contributed by atoms with van der Waals surface area (Å²) < 4.78 is 38.6. The molecular formula is C25H32N2O6S. The van der Waals surface area contributed by atoms with Crippen LogP contribution in [0.2, 0.25) is 0 Å². The zero-order valence-electron chi connectivity index (χ0n) is 20.0. The number of carbonyl (C=O) groups excluding carboxylic acids is 2. The van der Waals surface area contributed by atoms with Crippen molar-refractivity contribution >= 4 is 21.9 Å². The molecule has 1 saturated heterocycles. The van der Waals surface area contributed by atoms with Crippen molar-refractivity contribution < 1.29 is 27.5 Å². The van der Waals surface area contributed by atoms with Crippen molar-refractivity contribution in [1.82, 2.24) is 9.62 Å². The third-order valence-corrected chi connectivity index (χ3v) is 7.78. The van der Waals surface area contributed by atoms with Crippen molar-refractivity contribution in [3.05, 3.63) is 59.2 Å². The van der Waals surface area contributed by atoms with Crippen LogP contribution in [0.25, 0.3) is 0 Å². The predicted molar refractivity (Wildman–Crippen MR) is 128 cm³/mol. The van der Waals surface area contributed by atoms with Crippen LogP contribution in [0.5, 0.6) is 5.75 Å². The number of rotatable bonds is 8. The molecule has 1 heterocycles. The average molecular weight is 489 g/mol. The fourth-order valence-electron chi connectivity index (χ4n) is 4.21. The molecule has 1 N–H and O–H groups in total. The van der Waals surface area contributed by atoms with Crippen LogP contribution in [-0.2, 0) is 26.1 Å². The lowest BCUT2D eigenvalue weighted by Crippen LogP contribution is -2.42. The van der Waals surface area contributed by atoms with Crippen LogP contribution in [-0.4, -0.2) is 51.4 Å². The quantitative estimate of drug-likeness (QED) is 0.573. The molecule has 0 bridgehead atoms. The molecule has 9 heteroatoms. The van der Waals surface area contributed by atoms with E-state index in [9.17, 15) is 18.0 Å². The number of piperidine rings is 1. The van der Waals surface area contributed by atoms with Gasteiger partial charge in [0.1, 0.15) is 10.6 Å². The number of hydrogen-bond donors (Lipinski definition) is 1. The highest BCUT2D eigenvalue weighted by Crippen LogP contribution is 2.32. The first-order valence-electron chi connectivity index (χ1n) is 11.3. The summed E-state index contributed by atoms with van der Waals surface area (Å²) in [4.78, 5) is 24.6. The smallest absolute Gasteiger partial charge is 0.338 e. The topological polar surface area (TPSA) is 102 Å². The summed E-state index contributed by atoms with van der Waals surface area (Å²) in [5.41, 5.74) is 2.04. The Kier molecular flexibility index (Phi) is 8.33. The van der Waals surface area contributed by atoms with Gasteiger partial charge in [0.2, 0.25) is 10.0 Å². The predicted octanol–water partition coefficient (Wildman–Crippen LogP) is 3.14. The fraction of sp³-hybridized carbons (Fsp3) is 0.440. The number of benzene rings is 2. The Hall–Kier alpha value is -2.91. The average Bonchev–Trinajstić information content (AvgIpc) is 2.81. The second-order valence-corrected chi connectivity index (χ2v) is 10.8. The maximum Gasteiger partial charge on any atom is 0.338 e. The van der Waals surface area contributed by atoms with Crippen molar-refractivity contribution in [3.63, 3.8) is 0 Å². The maximum atomic E-state index is 13.4. The molecule has 0 aromatic heterocycles. The molecule has 2 unspecified atom stereocenters. The van der Waals surface area contributed by atoms with Crippen molar-refractivity contribution in [2.45, 2.75) is 38.6 Å². The highest BCUT2D eigenvalue weighted by atomic mass is 32.2. The van der Waals surface area contributed by atoms with Gasteiger partial charge in [-0.15, -0.1) is 0 Å². The molecular weight excluding hydrogens is 456 g/mol. The number of esters is 1. The summed E-state index contributed by atoms with van der Waals surface area (Å²) in [7, 11) is -2.50. The van der Waals surface area contributed by atoms with Crippen LogP contribution in [0.4, 0.5) is 0 Å². The molecule has 2 aromatic carbocycles. The third-order valence-electron chi connectivity index (χ3n) is 5.92. The van der Waals surface area contributed by atoms with Crippen molar-refractivity contribution in [2.24, 2.45) is 11.8 Å². The summed E-state index contributed by atoms with van der Waals surface area (Å²) in [5, 5.41) is 2.71. The number of amides is 1. The Balaban J connectivity index is 1.69. The fourth-order valence-corrected chi connectivity index (χ4v) is 6.08. The number of sulfonamides is 1. The molecule has 1 aliphatic rings. The molecule has 1 amide bonds. The van der Waals surface area contributed by atoms with Crippen LogP contribution >= 0.6 is 0 Å². The molecule has 2 aromatic rings. The van der Waals surface area contributed by atoms with Gasteiger partial charge in [-0.1, -0.05) is 38.1 Å². The first kappa shape index (κ1) is 25.7. The van der Waals surface area contributed by atoms with Crippen LogP contribution in [0.15, 0.2) is 47.4 Å². The van der Waals surface area contributed by atoms with E-state index in [2.05, 4.69) is 5.32 Å². The summed E-state index contributed by atoms with van der Waals surface area (Å²) >= 11 is 0. The molecule has 0 radical (unpaired) electrons. The number of ether oxygens (including phenoxy) is 2. The lowest BCUT2D eigenvalue weighted by molar-refractivity contribution is -0.124. The van der Waals surface area contributed by atoms with Crippen LogP contribution in [0.1, 0.15) is 41.8 Å². The second-order valence-electron chi connectivity index (χ2n) is 8.91. The molecule has 34 heavy (non-hydrogen) atoms. The van der Waals surface area contributed by atoms with E-state index in [0.717, 1.165) is 17.5 Å². The highest BCUT2D eigenvalue weighted by Gasteiger charge is 2.34. The second kappa shape index (κ2) is 11.0. The molecule has 0 spiro atoms. The lowest BCUT2D eigenvalue weighted by Gasteiger charge is -2.34. The Morgan fingerprint density at radius 1 is 1.09 bits per heavy atom. The van der Waals surface area contributed by atoms with E-state index in [1.165, 1.54) is 29.6 Å². The van der Waals surface area contributed by atoms with Gasteiger partial charge < -0.3 is 14.8 Å². The van der Waals surface area contributed by atoms with Gasteiger partial charge in [0, 0.05) is 19.6 Å². The molecule has 1 aliphatic heterocycles. The van der Waals surface area contributed by atoms with E-state index in [4.69, 9.17) is 9.47 Å². The van der Waals surface area contributed by atoms with Crippen LogP contribution in [0.3, 0.4) is 0 Å². The van der Waals surface area contributed by atoms with E-state index >= 15 is 0 Å². The Labute approximate surface area is 201 Å². The van der Waals surface area contributed by atoms with Gasteiger partial charge in [-0.3, -0.25) is 4.79 Å². The number of aryl methyl sites for hydroxylation is 1. The molecule has 0 saturated carbocycles. The molecule has 0 aliphatic carbocycles. The summed E-state index contributed by atoms with van der Waals surface area (Å²) in [6.45, 7) is 6.65. The largest absolute Gasteiger partial charge is 0.495 e. The Bertz CT molecular complexity index is 1140. The summed E-state index contributed by atoms with van der Waals surface area (Å²) in [6.07, 6.45) is 0.960. The Morgan fingerprint density at radius 2 is 1.76 bits per heavy atom. The molecule has 184 valence electrons. The van der Waals surface area contributed by atoms with Crippen LogP contribution in [0, 0.1) is 18.8 Å². The highest BCUT2D eigenvalue weighted by molar-refractivity contribution is 7.89. The van der Waals surface area contributed by atoms with Gasteiger partial charge in [-0.2, -0.15) is 4.31 Å². The Morgan fingerprint density at radius 3 is 2.41 bits per heavy atom. The number of nitrogens with one attached hydrogen (secondary N) is 1. The van der Waals surface area contributed by atoms with Gasteiger partial charge >= 0.3 is 5.97 Å². The van der Waals surface area contributed by atoms with E-state index < -0.39 is 28.5 Å². The number of methoxy groups -OCH3 is 1. The van der Waals surface area contributed by atoms with E-state index in [-0.39, 0.29) is 28.0 Å². The monoisotopic (exact) mass is 488 g/mol. The summed E-state index contributed by atoms with van der Waals surface area (Å²) in [5.74, 6) is -0.620. The molecule has 3 rings (SSSR count). The van der Waals surface area contributed by atoms with E-state index in [1.54, 1.807) is 0 Å². The molecule has 1 fully saturated rings. The van der Waals surface area contributed by atoms with E-state index in [0.29, 0.717) is 19.6 Å². The lowest BCUT2D eigenvalue weighted by atomic mass is 9.94. The van der Waals surface area contributed by atoms with Crippen molar-refractivity contribution in [3.8, 4) is 5.75 Å². The zero-order chi connectivity index (χ0) is 24.9. The van der Waals surface area contributed by atoms with Gasteiger partial charge in [0.15, 0.2) is 6.61 Å². The maximum absolute atomic E-state index is 13.4. The minimum atomic E-state index is -3.88. The number of hydrogen-bond acceptors (Lipinski definition) is 6. The van der Waals surface area contributed by atoms with Gasteiger partial charge in [0.05, 0.1) is 12.7 Å². The number of carbonyl (C=O) groups is 2. The molecule has 8 nitrogen and oxygen atoms in total. The van der Waals surface area contributed by atoms with Crippen molar-refractivity contribution in [2.75, 3.05) is 26.8 Å². The van der Waals surface area contributed by atoms with E-state index in [1.807, 2.05) is 45.0 Å². The first-order valence-corrected chi connectivity index (χ1v) is 12.7. The standard InChI is InChI=1S/C25H32N2O6S/c1-17-11-18(2)15-27(14-17)34(30,31)23-12-20(9-10-22(23)32-4)25(29)33-16-24(28)26-13-21-8-6-5-7-19(21)3/h5-10,12,17-18H,11,13-16H2,1-4H3,(H,26,28). The zero-order valence-corrected chi connectivity index (χ0v) is 20.9. The summed E-state index contributed by atoms with van der Waals surface area (Å²) in [6, 6.07) is 11.8. The van der Waals surface area contributed by atoms with Gasteiger partial charge in [-0.05, 0) is 54.5 Å². The molecule has 2 atom stereocenters. The minimum Gasteiger partial charge on any atom is -0.495 e. The van der Waals surface area contributed by atoms with Gasteiger partial charge in [-0.25, -0.2) is 13.2 Å². The minimum absolute atomic E-state index is 0.0317. The van der Waals surface area contributed by atoms with Crippen molar-refractivity contribution in [1.29, 1.82) is 0 Å².